The van der Waals surface area contributed by atoms with Crippen LogP contribution in [0.25, 0.3) is 0 Å². The van der Waals surface area contributed by atoms with Gasteiger partial charge in [0.15, 0.2) is 0 Å². The van der Waals surface area contributed by atoms with Crippen LogP contribution in [0.1, 0.15) is 46.0 Å². The summed E-state index contributed by atoms with van der Waals surface area (Å²) in [6, 6.07) is 0. The summed E-state index contributed by atoms with van der Waals surface area (Å²) in [6.07, 6.45) is 4.22. The lowest BCUT2D eigenvalue weighted by Crippen LogP contribution is -2.59. The van der Waals surface area contributed by atoms with Crippen LogP contribution in [-0.4, -0.2) is 27.5 Å². The Morgan fingerprint density at radius 1 is 1.29 bits per heavy atom. The molecule has 0 aromatic carbocycles. The van der Waals surface area contributed by atoms with Crippen molar-refractivity contribution >= 4 is 18.0 Å². The van der Waals surface area contributed by atoms with Gasteiger partial charge in [-0.15, -0.1) is 0 Å². The summed E-state index contributed by atoms with van der Waals surface area (Å²) in [7, 11) is 0. The molecular weight excluding hydrogens is 296 g/mol. The first-order chi connectivity index (χ1) is 9.85. The molecule has 2 atom stereocenters. The first-order valence-electron chi connectivity index (χ1n) is 7.41. The molecule has 0 aromatic heterocycles. The van der Waals surface area contributed by atoms with Crippen molar-refractivity contribution in [3.05, 3.63) is 0 Å². The van der Waals surface area contributed by atoms with Crippen molar-refractivity contribution < 1.29 is 29.3 Å². The van der Waals surface area contributed by atoms with E-state index in [2.05, 4.69) is 9.37 Å². The third-order valence-corrected chi connectivity index (χ3v) is 5.95. The van der Waals surface area contributed by atoms with Crippen molar-refractivity contribution in [2.45, 2.75) is 62.4 Å². The highest BCUT2D eigenvalue weighted by molar-refractivity contribution is 7.96. The molecule has 0 aromatic rings. The standard InChI is InChI=1S/C14H22O6S/c1-13(2,21-20-19-17)12(16)18-14-5-8-3-9(6-14)11(15)10(4-8)7-14/h8-11,15,17H,3-7H2,1-2H3/p-1. The van der Waals surface area contributed by atoms with Gasteiger partial charge in [0.2, 0.25) is 0 Å². The van der Waals surface area contributed by atoms with E-state index in [9.17, 15) is 15.2 Å². The third kappa shape index (κ3) is 2.82. The van der Waals surface area contributed by atoms with E-state index < -0.39 is 16.3 Å². The average Bonchev–Trinajstić information content (AvgIpc) is 2.41. The predicted octanol–water partition coefficient (Wildman–Crippen LogP) is 1.12. The molecule has 0 saturated heterocycles. The fourth-order valence-corrected chi connectivity index (χ4v) is 4.81. The molecule has 6 nitrogen and oxygen atoms in total. The fourth-order valence-electron chi connectivity index (χ4n) is 4.50. The van der Waals surface area contributed by atoms with Crippen LogP contribution in [0.5, 0.6) is 0 Å². The maximum absolute atomic E-state index is 12.4. The molecule has 4 bridgehead atoms. The van der Waals surface area contributed by atoms with Crippen LogP contribution in [-0.2, 0) is 18.9 Å². The van der Waals surface area contributed by atoms with Crippen molar-refractivity contribution in [2.24, 2.45) is 17.8 Å². The van der Waals surface area contributed by atoms with Crippen LogP contribution in [0, 0.1) is 17.8 Å². The van der Waals surface area contributed by atoms with E-state index in [1.54, 1.807) is 13.8 Å². The molecule has 0 radical (unpaired) electrons. The van der Waals surface area contributed by atoms with E-state index >= 15 is 0 Å². The second-order valence-electron chi connectivity index (χ2n) is 7.26. The van der Waals surface area contributed by atoms with Crippen LogP contribution < -0.4 is 5.26 Å². The number of hydrogen-bond donors (Lipinski definition) is 1. The Morgan fingerprint density at radius 2 is 1.90 bits per heavy atom. The molecule has 4 saturated carbocycles. The molecule has 7 heteroatoms. The summed E-state index contributed by atoms with van der Waals surface area (Å²) in [5.74, 6) is 0.652. The number of ether oxygens (including phenoxy) is 1. The molecule has 4 aliphatic rings. The Kier molecular flexibility index (Phi) is 3.99. The van der Waals surface area contributed by atoms with Crippen LogP contribution in [0.3, 0.4) is 0 Å². The van der Waals surface area contributed by atoms with E-state index in [4.69, 9.17) is 4.74 Å². The second-order valence-corrected chi connectivity index (χ2v) is 8.59. The van der Waals surface area contributed by atoms with Crippen molar-refractivity contribution in [1.29, 1.82) is 0 Å². The van der Waals surface area contributed by atoms with Gasteiger partial charge < -0.3 is 15.1 Å². The lowest BCUT2D eigenvalue weighted by Gasteiger charge is -2.58. The highest BCUT2D eigenvalue weighted by Gasteiger charge is 2.57. The van der Waals surface area contributed by atoms with Gasteiger partial charge >= 0.3 is 5.97 Å². The maximum Gasteiger partial charge on any atom is 0.324 e. The maximum atomic E-state index is 12.4. The molecule has 4 aliphatic carbocycles. The molecular formula is C14H21O6S-. The average molecular weight is 317 g/mol. The van der Waals surface area contributed by atoms with E-state index in [0.717, 1.165) is 32.1 Å². The summed E-state index contributed by atoms with van der Waals surface area (Å²) >= 11 is 0.657. The normalized spacial score (nSPS) is 41.3. The number of carbonyl (C=O) groups is 1. The summed E-state index contributed by atoms with van der Waals surface area (Å²) in [5, 5.41) is 23.5. The van der Waals surface area contributed by atoms with Crippen LogP contribution in [0.15, 0.2) is 0 Å². The summed E-state index contributed by atoms with van der Waals surface area (Å²) in [5.41, 5.74) is -0.442. The molecule has 4 fully saturated rings. The molecule has 1 N–H and O–H groups in total. The van der Waals surface area contributed by atoms with Gasteiger partial charge in [0.1, 0.15) is 10.3 Å². The molecule has 4 rings (SSSR count). The number of rotatable bonds is 5. The molecule has 0 heterocycles. The van der Waals surface area contributed by atoms with Gasteiger partial charge in [-0.05, 0) is 63.7 Å². The van der Waals surface area contributed by atoms with Gasteiger partial charge in [0.05, 0.1) is 6.10 Å². The molecule has 0 spiro atoms. The Balaban J connectivity index is 1.69. The van der Waals surface area contributed by atoms with Crippen molar-refractivity contribution in [3.63, 3.8) is 0 Å². The molecule has 120 valence electrons. The van der Waals surface area contributed by atoms with Crippen LogP contribution in [0.4, 0.5) is 0 Å². The van der Waals surface area contributed by atoms with E-state index in [-0.39, 0.29) is 17.9 Å². The van der Waals surface area contributed by atoms with E-state index in [1.165, 1.54) is 0 Å². The monoisotopic (exact) mass is 317 g/mol. The summed E-state index contributed by atoms with van der Waals surface area (Å²) < 4.78 is 9.12. The van der Waals surface area contributed by atoms with E-state index in [0.29, 0.717) is 18.0 Å². The summed E-state index contributed by atoms with van der Waals surface area (Å²) in [4.78, 5) is 12.4. The van der Waals surface area contributed by atoms with Gasteiger partial charge in [0.25, 0.3) is 0 Å². The Morgan fingerprint density at radius 3 is 2.48 bits per heavy atom. The quantitative estimate of drug-likeness (QED) is 0.352. The number of esters is 1. The zero-order chi connectivity index (χ0) is 15.3. The van der Waals surface area contributed by atoms with Gasteiger partial charge in [-0.3, -0.25) is 9.83 Å². The van der Waals surface area contributed by atoms with Gasteiger partial charge in [-0.25, -0.2) is 0 Å². The fraction of sp³-hybridized carbons (Fsp3) is 0.929. The van der Waals surface area contributed by atoms with Gasteiger partial charge in [-0.2, -0.15) is 4.33 Å². The Bertz CT molecular complexity index is 410. The summed E-state index contributed by atoms with van der Waals surface area (Å²) in [6.45, 7) is 3.27. The minimum absolute atomic E-state index is 0.243. The molecule has 2 unspecified atom stereocenters. The van der Waals surface area contributed by atoms with Crippen molar-refractivity contribution in [1.82, 2.24) is 0 Å². The zero-order valence-corrected chi connectivity index (χ0v) is 13.1. The lowest BCUT2D eigenvalue weighted by atomic mass is 9.53. The minimum atomic E-state index is -1.01. The largest absolute Gasteiger partial charge is 0.691 e. The highest BCUT2D eigenvalue weighted by Crippen LogP contribution is 2.57. The Hall–Kier alpha value is -0.340. The van der Waals surface area contributed by atoms with Gasteiger partial charge in [0, 0.05) is 12.0 Å². The lowest BCUT2D eigenvalue weighted by molar-refractivity contribution is -0.777. The first-order valence-corrected chi connectivity index (χ1v) is 8.15. The zero-order valence-electron chi connectivity index (χ0n) is 12.2. The third-order valence-electron chi connectivity index (χ3n) is 5.24. The number of carbonyl (C=O) groups excluding carboxylic acids is 1. The highest BCUT2D eigenvalue weighted by atomic mass is 32.2. The first kappa shape index (κ1) is 15.6. The molecule has 21 heavy (non-hydrogen) atoms. The topological polar surface area (TPSA) is 88.0 Å². The Labute approximate surface area is 128 Å². The van der Waals surface area contributed by atoms with Crippen molar-refractivity contribution in [3.8, 4) is 0 Å². The molecule has 0 aliphatic heterocycles. The van der Waals surface area contributed by atoms with Crippen LogP contribution >= 0.6 is 12.0 Å². The SMILES string of the molecule is CC(C)(SOO[O-])C(=O)OC12CC3CC(C1)C(O)C(C3)C2. The predicted molar refractivity (Wildman–Crippen MR) is 72.2 cm³/mol. The number of aliphatic hydroxyl groups excluding tert-OH is 1. The van der Waals surface area contributed by atoms with Crippen LogP contribution in [0.2, 0.25) is 0 Å². The minimum Gasteiger partial charge on any atom is -0.691 e. The second kappa shape index (κ2) is 5.38. The molecule has 0 amide bonds. The van der Waals surface area contributed by atoms with Gasteiger partial charge in [-0.1, -0.05) is 0 Å². The number of aliphatic hydroxyl groups is 1. The number of hydrogen-bond acceptors (Lipinski definition) is 7. The van der Waals surface area contributed by atoms with E-state index in [1.807, 2.05) is 0 Å². The van der Waals surface area contributed by atoms with Crippen molar-refractivity contribution in [2.75, 3.05) is 0 Å². The smallest absolute Gasteiger partial charge is 0.324 e.